The Balaban J connectivity index is 1.35. The van der Waals surface area contributed by atoms with Gasteiger partial charge in [-0.25, -0.2) is 9.37 Å². The van der Waals surface area contributed by atoms with Crippen molar-refractivity contribution >= 4 is 29.0 Å². The molecule has 0 radical (unpaired) electrons. The van der Waals surface area contributed by atoms with E-state index in [1.54, 1.807) is 24.3 Å². The van der Waals surface area contributed by atoms with Gasteiger partial charge in [0.1, 0.15) is 10.8 Å². The Morgan fingerprint density at radius 3 is 2.66 bits per heavy atom. The van der Waals surface area contributed by atoms with Crippen molar-refractivity contribution in [2.24, 2.45) is 0 Å². The largest absolute Gasteiger partial charge is 0.454 e. The highest BCUT2D eigenvalue weighted by Crippen LogP contribution is 2.34. The molecule has 0 bridgehead atoms. The third kappa shape index (κ3) is 4.10. The molecule has 3 aromatic carbocycles. The third-order valence-corrected chi connectivity index (χ3v) is 5.77. The van der Waals surface area contributed by atoms with E-state index in [1.165, 1.54) is 23.5 Å². The highest BCUT2D eigenvalue weighted by molar-refractivity contribution is 7.13. The van der Waals surface area contributed by atoms with E-state index in [1.807, 2.05) is 47.8 Å². The summed E-state index contributed by atoms with van der Waals surface area (Å²) in [5, 5.41) is 5.34. The number of ether oxygens (including phenoxy) is 2. The van der Waals surface area contributed by atoms with Crippen LogP contribution in [0.15, 0.2) is 78.2 Å². The van der Waals surface area contributed by atoms with Crippen LogP contribution in [0.3, 0.4) is 0 Å². The summed E-state index contributed by atoms with van der Waals surface area (Å²) in [5.74, 6) is 0.758. The number of anilines is 1. The Bertz CT molecular complexity index is 1330. The van der Waals surface area contributed by atoms with Gasteiger partial charge in [0, 0.05) is 22.6 Å². The number of aromatic nitrogens is 1. The number of carbonyl (C=O) groups is 1. The fraction of sp³-hybridized carbons (Fsp3) is 0.0400. The predicted molar refractivity (Wildman–Crippen MR) is 123 cm³/mol. The monoisotopic (exact) mass is 444 g/mol. The standard InChI is InChI=1S/C25H17FN2O3S/c26-19-7-3-1-5-17(19)25-28-21(14-32-25)18-6-2-4-8-20(18)27-24(29)12-10-16-9-11-22-23(13-16)31-15-30-22/h1-14H,15H2,(H,27,29)/b12-10+. The lowest BCUT2D eigenvalue weighted by molar-refractivity contribution is -0.111. The topological polar surface area (TPSA) is 60.5 Å². The van der Waals surface area contributed by atoms with E-state index in [-0.39, 0.29) is 18.5 Å². The van der Waals surface area contributed by atoms with E-state index >= 15 is 0 Å². The molecule has 1 amide bonds. The maximum atomic E-state index is 14.1. The van der Waals surface area contributed by atoms with Crippen LogP contribution in [0, 0.1) is 5.82 Å². The first kappa shape index (κ1) is 20.0. The van der Waals surface area contributed by atoms with E-state index in [2.05, 4.69) is 10.3 Å². The van der Waals surface area contributed by atoms with Gasteiger partial charge in [0.05, 0.1) is 11.4 Å². The molecule has 0 atom stereocenters. The molecule has 5 rings (SSSR count). The molecule has 0 saturated carbocycles. The van der Waals surface area contributed by atoms with Crippen LogP contribution in [-0.2, 0) is 4.79 Å². The Hall–Kier alpha value is -3.97. The fourth-order valence-corrected chi connectivity index (χ4v) is 4.18. The van der Waals surface area contributed by atoms with Crippen LogP contribution in [0.5, 0.6) is 11.5 Å². The molecular formula is C25H17FN2O3S. The van der Waals surface area contributed by atoms with Crippen molar-refractivity contribution in [3.8, 4) is 33.3 Å². The molecule has 7 heteroatoms. The molecule has 5 nitrogen and oxygen atoms in total. The van der Waals surface area contributed by atoms with Crippen molar-refractivity contribution in [2.45, 2.75) is 0 Å². The highest BCUT2D eigenvalue weighted by atomic mass is 32.1. The van der Waals surface area contributed by atoms with Gasteiger partial charge < -0.3 is 14.8 Å². The van der Waals surface area contributed by atoms with Gasteiger partial charge in [-0.15, -0.1) is 11.3 Å². The van der Waals surface area contributed by atoms with Crippen LogP contribution in [0.25, 0.3) is 27.9 Å². The molecule has 1 N–H and O–H groups in total. The lowest BCUT2D eigenvalue weighted by atomic mass is 10.1. The minimum absolute atomic E-state index is 0.203. The number of fused-ring (bicyclic) bond motifs is 1. The molecule has 0 unspecified atom stereocenters. The second kappa shape index (κ2) is 8.64. The summed E-state index contributed by atoms with van der Waals surface area (Å²) in [4.78, 5) is 17.1. The van der Waals surface area contributed by atoms with E-state index in [9.17, 15) is 9.18 Å². The van der Waals surface area contributed by atoms with Crippen LogP contribution in [0.2, 0.25) is 0 Å². The number of hydrogen-bond acceptors (Lipinski definition) is 5. The number of thiazole rings is 1. The number of nitrogens with zero attached hydrogens (tertiary/aromatic N) is 1. The van der Waals surface area contributed by atoms with E-state index < -0.39 is 0 Å². The summed E-state index contributed by atoms with van der Waals surface area (Å²) in [5.41, 5.74) is 3.34. The van der Waals surface area contributed by atoms with Crippen molar-refractivity contribution in [3.05, 3.63) is 89.6 Å². The van der Waals surface area contributed by atoms with E-state index in [0.29, 0.717) is 33.5 Å². The zero-order valence-electron chi connectivity index (χ0n) is 16.7. The number of hydrogen-bond donors (Lipinski definition) is 1. The van der Waals surface area contributed by atoms with Crippen molar-refractivity contribution in [1.29, 1.82) is 0 Å². The van der Waals surface area contributed by atoms with Crippen LogP contribution >= 0.6 is 11.3 Å². The number of nitrogens with one attached hydrogen (secondary N) is 1. The van der Waals surface area contributed by atoms with Crippen molar-refractivity contribution in [2.75, 3.05) is 12.1 Å². The molecule has 0 spiro atoms. The number of halogens is 1. The van der Waals surface area contributed by atoms with Crippen molar-refractivity contribution in [3.63, 3.8) is 0 Å². The van der Waals surface area contributed by atoms with Gasteiger partial charge in [-0.05, 0) is 42.0 Å². The second-order valence-electron chi connectivity index (χ2n) is 7.00. The first-order valence-corrected chi connectivity index (χ1v) is 10.7. The minimum Gasteiger partial charge on any atom is -0.454 e. The molecule has 1 aliphatic rings. The van der Waals surface area contributed by atoms with Crippen LogP contribution < -0.4 is 14.8 Å². The zero-order valence-corrected chi connectivity index (χ0v) is 17.6. The second-order valence-corrected chi connectivity index (χ2v) is 7.86. The highest BCUT2D eigenvalue weighted by Gasteiger charge is 2.14. The number of para-hydroxylation sites is 1. The average molecular weight is 444 g/mol. The predicted octanol–water partition coefficient (Wildman–Crippen LogP) is 6.00. The van der Waals surface area contributed by atoms with Gasteiger partial charge in [0.15, 0.2) is 11.5 Å². The molecule has 32 heavy (non-hydrogen) atoms. The first-order chi connectivity index (χ1) is 15.7. The Labute approximate surface area is 187 Å². The summed E-state index contributed by atoms with van der Waals surface area (Å²) in [6.45, 7) is 0.203. The Morgan fingerprint density at radius 1 is 1.00 bits per heavy atom. The summed E-state index contributed by atoms with van der Waals surface area (Å²) < 4.78 is 24.8. The summed E-state index contributed by atoms with van der Waals surface area (Å²) in [7, 11) is 0. The number of rotatable bonds is 5. The molecule has 0 saturated heterocycles. The molecule has 2 heterocycles. The molecular weight excluding hydrogens is 427 g/mol. The Morgan fingerprint density at radius 2 is 1.78 bits per heavy atom. The molecule has 1 aliphatic heterocycles. The minimum atomic E-state index is -0.316. The van der Waals surface area contributed by atoms with E-state index in [4.69, 9.17) is 9.47 Å². The van der Waals surface area contributed by atoms with Gasteiger partial charge in [-0.2, -0.15) is 0 Å². The number of benzene rings is 3. The average Bonchev–Trinajstić information content (AvgIpc) is 3.48. The van der Waals surface area contributed by atoms with E-state index in [0.717, 1.165) is 11.1 Å². The molecule has 1 aromatic heterocycles. The maximum Gasteiger partial charge on any atom is 0.248 e. The van der Waals surface area contributed by atoms with Crippen molar-refractivity contribution < 1.29 is 18.7 Å². The van der Waals surface area contributed by atoms with Gasteiger partial charge in [0.2, 0.25) is 12.7 Å². The molecule has 158 valence electrons. The summed E-state index contributed by atoms with van der Waals surface area (Å²) in [6.07, 6.45) is 3.17. The molecule has 0 aliphatic carbocycles. The number of amides is 1. The SMILES string of the molecule is O=C(/C=C/c1ccc2c(c1)OCO2)Nc1ccccc1-c1csc(-c2ccccc2F)n1. The summed E-state index contributed by atoms with van der Waals surface area (Å²) >= 11 is 1.36. The summed E-state index contributed by atoms with van der Waals surface area (Å²) in [6, 6.07) is 19.4. The lowest BCUT2D eigenvalue weighted by Crippen LogP contribution is -2.08. The van der Waals surface area contributed by atoms with Crippen LogP contribution in [0.4, 0.5) is 10.1 Å². The van der Waals surface area contributed by atoms with Crippen molar-refractivity contribution in [1.82, 2.24) is 4.98 Å². The van der Waals surface area contributed by atoms with Gasteiger partial charge in [-0.3, -0.25) is 4.79 Å². The quantitative estimate of drug-likeness (QED) is 0.384. The maximum absolute atomic E-state index is 14.1. The van der Waals surface area contributed by atoms with Gasteiger partial charge >= 0.3 is 0 Å². The normalized spacial score (nSPS) is 12.3. The first-order valence-electron chi connectivity index (χ1n) is 9.86. The molecule has 4 aromatic rings. The van der Waals surface area contributed by atoms with Gasteiger partial charge in [0.25, 0.3) is 0 Å². The molecule has 0 fully saturated rings. The number of carbonyl (C=O) groups excluding carboxylic acids is 1. The smallest absolute Gasteiger partial charge is 0.248 e. The van der Waals surface area contributed by atoms with Crippen LogP contribution in [-0.4, -0.2) is 17.7 Å². The van der Waals surface area contributed by atoms with Crippen LogP contribution in [0.1, 0.15) is 5.56 Å². The third-order valence-electron chi connectivity index (χ3n) is 4.89. The van der Waals surface area contributed by atoms with Gasteiger partial charge in [-0.1, -0.05) is 36.4 Å². The Kier molecular flexibility index (Phi) is 5.39. The zero-order chi connectivity index (χ0) is 21.9. The fourth-order valence-electron chi connectivity index (χ4n) is 3.33. The lowest BCUT2D eigenvalue weighted by Gasteiger charge is -2.08.